The lowest BCUT2D eigenvalue weighted by Crippen LogP contribution is -2.18. The summed E-state index contributed by atoms with van der Waals surface area (Å²) in [7, 11) is 1.64. The van der Waals surface area contributed by atoms with Crippen molar-refractivity contribution in [3.63, 3.8) is 0 Å². The van der Waals surface area contributed by atoms with Crippen LogP contribution in [0.4, 0.5) is 0 Å². The number of nitrogens with zero attached hydrogens (tertiary/aromatic N) is 1. The van der Waals surface area contributed by atoms with Crippen LogP contribution in [0.25, 0.3) is 21.3 Å². The first-order valence-corrected chi connectivity index (χ1v) is 10.9. The average molecular weight is 410 g/mol. The highest BCUT2D eigenvalue weighted by molar-refractivity contribution is 7.15. The zero-order valence-corrected chi connectivity index (χ0v) is 17.3. The molecule has 1 N–H and O–H groups in total. The van der Waals surface area contributed by atoms with Gasteiger partial charge in [-0.15, -0.1) is 11.3 Å². The lowest BCUT2D eigenvalue weighted by atomic mass is 9.96. The molecule has 0 radical (unpaired) electrons. The molecule has 2 aromatic heterocycles. The van der Waals surface area contributed by atoms with E-state index in [0.717, 1.165) is 41.6 Å². The molecule has 1 saturated carbocycles. The molecule has 0 aliphatic heterocycles. The van der Waals surface area contributed by atoms with Crippen molar-refractivity contribution in [2.45, 2.75) is 51.2 Å². The highest BCUT2D eigenvalue weighted by Gasteiger charge is 2.29. The summed E-state index contributed by atoms with van der Waals surface area (Å²) in [5.74, 6) is 0.472. The second kappa shape index (κ2) is 6.82. The zero-order chi connectivity index (χ0) is 20.3. The van der Waals surface area contributed by atoms with Crippen molar-refractivity contribution in [2.75, 3.05) is 7.11 Å². The number of aromatic nitrogens is 1. The van der Waals surface area contributed by atoms with Gasteiger partial charge in [0.2, 0.25) is 0 Å². The van der Waals surface area contributed by atoms with Crippen LogP contribution in [0.2, 0.25) is 0 Å². The Morgan fingerprint density at radius 2 is 2.07 bits per heavy atom. The van der Waals surface area contributed by atoms with Gasteiger partial charge in [-0.1, -0.05) is 0 Å². The average Bonchev–Trinajstić information content (AvgIpc) is 3.46. The smallest absolute Gasteiger partial charge is 0.200 e. The van der Waals surface area contributed by atoms with Crippen molar-refractivity contribution in [3.8, 4) is 16.2 Å². The summed E-state index contributed by atoms with van der Waals surface area (Å²) in [6.07, 6.45) is 5.90. The number of hydrogen-bond donors (Lipinski definition) is 1. The molecule has 0 amide bonds. The van der Waals surface area contributed by atoms with Crippen LogP contribution in [-0.2, 0) is 12.8 Å². The maximum Gasteiger partial charge on any atom is 0.200 e. The van der Waals surface area contributed by atoms with Gasteiger partial charge in [-0.25, -0.2) is 0 Å². The minimum Gasteiger partial charge on any atom is -0.494 e. The molecule has 3 aromatic rings. The second-order valence-corrected chi connectivity index (χ2v) is 9.20. The largest absolute Gasteiger partial charge is 0.494 e. The minimum absolute atomic E-state index is 0.209. The molecular weight excluding hydrogens is 386 g/mol. The fourth-order valence-corrected chi connectivity index (χ4v) is 5.58. The Balaban J connectivity index is 1.77. The molecule has 1 unspecified atom stereocenters. The highest BCUT2D eigenvalue weighted by Crippen LogP contribution is 2.45. The monoisotopic (exact) mass is 409 g/mol. The highest BCUT2D eigenvalue weighted by atomic mass is 32.1. The Labute approximate surface area is 172 Å². The molecule has 5 nitrogen and oxygen atoms in total. The molecule has 29 heavy (non-hydrogen) atoms. The molecule has 150 valence electrons. The summed E-state index contributed by atoms with van der Waals surface area (Å²) < 4.78 is 7.92. The van der Waals surface area contributed by atoms with Crippen LogP contribution < -0.4 is 10.2 Å². The Morgan fingerprint density at radius 3 is 2.76 bits per heavy atom. The maximum absolute atomic E-state index is 13.0. The summed E-state index contributed by atoms with van der Waals surface area (Å²) in [5.41, 5.74) is 2.94. The summed E-state index contributed by atoms with van der Waals surface area (Å²) >= 11 is 1.74. The van der Waals surface area contributed by atoms with Gasteiger partial charge in [0.15, 0.2) is 17.0 Å². The Bertz CT molecular complexity index is 1200. The number of benzene rings is 1. The van der Waals surface area contributed by atoms with Crippen LogP contribution >= 0.6 is 11.3 Å². The van der Waals surface area contributed by atoms with Crippen LogP contribution in [0.1, 0.15) is 53.0 Å². The topological polar surface area (TPSA) is 68.5 Å². The van der Waals surface area contributed by atoms with Gasteiger partial charge >= 0.3 is 0 Å². The molecular formula is C23H23NO4S. The number of carbonyl (C=O) groups is 1. The summed E-state index contributed by atoms with van der Waals surface area (Å²) in [5, 5.41) is 10.5. The first-order valence-electron chi connectivity index (χ1n) is 10.0. The van der Waals surface area contributed by atoms with Crippen LogP contribution in [0.3, 0.4) is 0 Å². The summed E-state index contributed by atoms with van der Waals surface area (Å²) in [6.45, 7) is 1.44. The molecule has 6 heteroatoms. The van der Waals surface area contributed by atoms with Crippen LogP contribution in [0.15, 0.2) is 29.2 Å². The predicted octanol–water partition coefficient (Wildman–Crippen LogP) is 4.13. The number of aliphatic hydroxyl groups is 1. The van der Waals surface area contributed by atoms with Crippen molar-refractivity contribution in [3.05, 3.63) is 50.6 Å². The molecule has 2 aliphatic rings. The molecule has 2 aliphatic carbocycles. The Morgan fingerprint density at radius 1 is 1.28 bits per heavy atom. The first-order chi connectivity index (χ1) is 14.0. The third-order valence-electron chi connectivity index (χ3n) is 5.99. The van der Waals surface area contributed by atoms with E-state index in [1.54, 1.807) is 24.6 Å². The van der Waals surface area contributed by atoms with E-state index >= 15 is 0 Å². The minimum atomic E-state index is -0.270. The number of Topliss-reactive ketones (excluding diaryl/α,β-unsaturated/α-hetero) is 1. The first kappa shape index (κ1) is 18.6. The zero-order valence-electron chi connectivity index (χ0n) is 16.5. The standard InChI is InChI=1S/C23H23NO4S/c1-12(25)18-11-24(14-3-4-14)21-17(22(18)27)7-6-16(23(21)28-2)20-10-13-9-15(26)5-8-19(13)29-20/h6-7,10-11,14-15,26H,3-5,8-9H2,1-2H3. The van der Waals surface area contributed by atoms with Gasteiger partial charge in [-0.2, -0.15) is 0 Å². The lowest BCUT2D eigenvalue weighted by molar-refractivity contribution is 0.101. The molecule has 5 rings (SSSR count). The van der Waals surface area contributed by atoms with Crippen molar-refractivity contribution >= 4 is 28.0 Å². The molecule has 1 atom stereocenters. The van der Waals surface area contributed by atoms with Gasteiger partial charge in [0.1, 0.15) is 0 Å². The van der Waals surface area contributed by atoms with Crippen molar-refractivity contribution in [1.29, 1.82) is 0 Å². The van der Waals surface area contributed by atoms with Crippen molar-refractivity contribution in [2.24, 2.45) is 0 Å². The number of aryl methyl sites for hydroxylation is 1. The number of fused-ring (bicyclic) bond motifs is 2. The van der Waals surface area contributed by atoms with Crippen LogP contribution in [-0.4, -0.2) is 28.7 Å². The van der Waals surface area contributed by atoms with Crippen molar-refractivity contribution < 1.29 is 14.6 Å². The molecule has 1 aromatic carbocycles. The van der Waals surface area contributed by atoms with Crippen LogP contribution in [0, 0.1) is 0 Å². The molecule has 0 saturated heterocycles. The fourth-order valence-electron chi connectivity index (χ4n) is 4.35. The second-order valence-electron chi connectivity index (χ2n) is 8.06. The molecule has 0 spiro atoms. The quantitative estimate of drug-likeness (QED) is 0.658. The molecule has 2 heterocycles. The van der Waals surface area contributed by atoms with Crippen molar-refractivity contribution in [1.82, 2.24) is 4.57 Å². The maximum atomic E-state index is 13.0. The number of methoxy groups -OCH3 is 1. The Hall–Kier alpha value is -2.44. The normalized spacial score (nSPS) is 18.7. The van der Waals surface area contributed by atoms with Gasteiger partial charge < -0.3 is 14.4 Å². The number of hydrogen-bond acceptors (Lipinski definition) is 5. The lowest BCUT2D eigenvalue weighted by Gasteiger charge is -2.17. The van der Waals surface area contributed by atoms with E-state index in [-0.39, 0.29) is 22.9 Å². The van der Waals surface area contributed by atoms with Gasteiger partial charge in [-0.3, -0.25) is 9.59 Å². The number of rotatable bonds is 4. The molecule has 1 fully saturated rings. The SMILES string of the molecule is COc1c(-c2cc3c(s2)CCC(O)C3)ccc2c(=O)c(C(C)=O)cn(C3CC3)c12. The van der Waals surface area contributed by atoms with E-state index in [9.17, 15) is 14.7 Å². The van der Waals surface area contributed by atoms with E-state index in [0.29, 0.717) is 23.6 Å². The van der Waals surface area contributed by atoms with E-state index in [4.69, 9.17) is 4.74 Å². The number of carbonyl (C=O) groups excluding carboxylic acids is 1. The van der Waals surface area contributed by atoms with Gasteiger partial charge in [0.25, 0.3) is 0 Å². The number of pyridine rings is 1. The summed E-state index contributed by atoms with van der Waals surface area (Å²) in [4.78, 5) is 27.4. The number of ketones is 1. The van der Waals surface area contributed by atoms with Gasteiger partial charge in [0.05, 0.1) is 29.7 Å². The molecule has 0 bridgehead atoms. The number of aliphatic hydroxyl groups excluding tert-OH is 1. The van der Waals surface area contributed by atoms with E-state index in [2.05, 4.69) is 10.6 Å². The van der Waals surface area contributed by atoms with E-state index < -0.39 is 0 Å². The third-order valence-corrected chi connectivity index (χ3v) is 7.26. The fraction of sp³-hybridized carbons (Fsp3) is 0.391. The van der Waals surface area contributed by atoms with Gasteiger partial charge in [0, 0.05) is 27.6 Å². The summed E-state index contributed by atoms with van der Waals surface area (Å²) in [6, 6.07) is 6.20. The predicted molar refractivity (Wildman–Crippen MR) is 114 cm³/mol. The van der Waals surface area contributed by atoms with Gasteiger partial charge in [-0.05, 0) is 62.8 Å². The third kappa shape index (κ3) is 3.02. The van der Waals surface area contributed by atoms with E-state index in [1.807, 2.05) is 12.1 Å². The van der Waals surface area contributed by atoms with Crippen LogP contribution in [0.5, 0.6) is 5.75 Å². The van der Waals surface area contributed by atoms with E-state index in [1.165, 1.54) is 17.4 Å². The Kier molecular flexibility index (Phi) is 4.37. The number of thiophene rings is 1. The number of ether oxygens (including phenoxy) is 1.